The standard InChI is InChI=1S/C20H18BrFN2O/c21-13-10-16-19(17(22)11-13)24-18(12-4-2-1-3-5-12)15-7-6-14(8-9-23)25-20(15)16/h1-5,10-11,14-15,18,20,24H,6-8H2/t14-,15+,18+,20+/m1/s1. The van der Waals surface area contributed by atoms with E-state index in [2.05, 4.69) is 39.4 Å². The summed E-state index contributed by atoms with van der Waals surface area (Å²) in [5.74, 6) is -0.0756. The SMILES string of the molecule is N#CC[C@H]1CC[C@@H]2[C@H](O1)c1cc(Br)cc(F)c1N[C@H]2c1ccccc1. The Morgan fingerprint density at radius 3 is 2.80 bits per heavy atom. The van der Waals surface area contributed by atoms with E-state index in [4.69, 9.17) is 10.00 Å². The van der Waals surface area contributed by atoms with Crippen LogP contribution in [0.5, 0.6) is 0 Å². The highest BCUT2D eigenvalue weighted by molar-refractivity contribution is 9.10. The Morgan fingerprint density at radius 1 is 1.24 bits per heavy atom. The van der Waals surface area contributed by atoms with Crippen LogP contribution in [0.15, 0.2) is 46.9 Å². The van der Waals surface area contributed by atoms with Gasteiger partial charge in [-0.25, -0.2) is 4.39 Å². The van der Waals surface area contributed by atoms with Crippen molar-refractivity contribution in [2.75, 3.05) is 5.32 Å². The number of nitrogens with zero attached hydrogens (tertiary/aromatic N) is 1. The molecule has 2 aliphatic heterocycles. The van der Waals surface area contributed by atoms with E-state index in [9.17, 15) is 4.39 Å². The first-order chi connectivity index (χ1) is 12.2. The summed E-state index contributed by atoms with van der Waals surface area (Å²) in [6.45, 7) is 0. The summed E-state index contributed by atoms with van der Waals surface area (Å²) in [7, 11) is 0. The van der Waals surface area contributed by atoms with Crippen LogP contribution >= 0.6 is 15.9 Å². The van der Waals surface area contributed by atoms with Gasteiger partial charge in [0.2, 0.25) is 0 Å². The molecule has 0 amide bonds. The van der Waals surface area contributed by atoms with E-state index in [0.717, 1.165) is 24.0 Å². The van der Waals surface area contributed by atoms with E-state index in [1.54, 1.807) is 0 Å². The zero-order valence-corrected chi connectivity index (χ0v) is 15.2. The fraction of sp³-hybridized carbons (Fsp3) is 0.350. The third kappa shape index (κ3) is 3.05. The van der Waals surface area contributed by atoms with Crippen LogP contribution in [0.25, 0.3) is 0 Å². The smallest absolute Gasteiger partial charge is 0.147 e. The first kappa shape index (κ1) is 16.6. The van der Waals surface area contributed by atoms with Gasteiger partial charge in [-0.2, -0.15) is 5.26 Å². The average molecular weight is 401 g/mol. The number of benzene rings is 2. The fourth-order valence-electron chi connectivity index (χ4n) is 4.03. The highest BCUT2D eigenvalue weighted by Crippen LogP contribution is 2.51. The molecule has 2 heterocycles. The Balaban J connectivity index is 1.78. The molecule has 5 heteroatoms. The van der Waals surface area contributed by atoms with E-state index < -0.39 is 0 Å². The molecule has 0 saturated carbocycles. The number of nitrogens with one attached hydrogen (secondary N) is 1. The lowest BCUT2D eigenvalue weighted by Crippen LogP contribution is -2.39. The molecular weight excluding hydrogens is 383 g/mol. The van der Waals surface area contributed by atoms with Gasteiger partial charge in [-0.3, -0.25) is 0 Å². The number of rotatable bonds is 2. The molecule has 0 spiro atoms. The molecule has 0 aromatic heterocycles. The summed E-state index contributed by atoms with van der Waals surface area (Å²) in [6, 6.07) is 15.7. The monoisotopic (exact) mass is 400 g/mol. The number of hydrogen-bond acceptors (Lipinski definition) is 3. The van der Waals surface area contributed by atoms with Crippen molar-refractivity contribution < 1.29 is 9.13 Å². The lowest BCUT2D eigenvalue weighted by molar-refractivity contribution is -0.0909. The van der Waals surface area contributed by atoms with Crippen LogP contribution in [-0.4, -0.2) is 6.10 Å². The van der Waals surface area contributed by atoms with Crippen LogP contribution in [0.2, 0.25) is 0 Å². The van der Waals surface area contributed by atoms with Gasteiger partial charge in [-0.1, -0.05) is 46.3 Å². The zero-order chi connectivity index (χ0) is 17.4. The van der Waals surface area contributed by atoms with E-state index in [1.165, 1.54) is 6.07 Å². The molecule has 2 aromatic rings. The van der Waals surface area contributed by atoms with Gasteiger partial charge in [-0.15, -0.1) is 0 Å². The summed E-state index contributed by atoms with van der Waals surface area (Å²) in [5, 5.41) is 12.4. The molecule has 4 rings (SSSR count). The van der Waals surface area contributed by atoms with Crippen molar-refractivity contribution in [2.45, 2.75) is 37.5 Å². The molecule has 25 heavy (non-hydrogen) atoms. The molecule has 4 atom stereocenters. The maximum absolute atomic E-state index is 14.6. The number of fused-ring (bicyclic) bond motifs is 3. The molecule has 0 radical (unpaired) electrons. The van der Waals surface area contributed by atoms with Crippen molar-refractivity contribution in [1.82, 2.24) is 0 Å². The van der Waals surface area contributed by atoms with Crippen molar-refractivity contribution >= 4 is 21.6 Å². The van der Waals surface area contributed by atoms with Crippen molar-refractivity contribution in [3.05, 3.63) is 63.9 Å². The van der Waals surface area contributed by atoms with Crippen LogP contribution in [0, 0.1) is 23.1 Å². The highest BCUT2D eigenvalue weighted by Gasteiger charge is 2.43. The lowest BCUT2D eigenvalue weighted by Gasteiger charge is -2.45. The summed E-state index contributed by atoms with van der Waals surface area (Å²) in [6.07, 6.45) is 1.87. The van der Waals surface area contributed by atoms with E-state index in [-0.39, 0.29) is 30.0 Å². The van der Waals surface area contributed by atoms with E-state index >= 15 is 0 Å². The number of ether oxygens (including phenoxy) is 1. The minimum absolute atomic E-state index is 0.00240. The summed E-state index contributed by atoms with van der Waals surface area (Å²) < 4.78 is 21.6. The number of nitriles is 1. The van der Waals surface area contributed by atoms with Crippen LogP contribution in [0.3, 0.4) is 0 Å². The molecule has 0 aliphatic carbocycles. The van der Waals surface area contributed by atoms with Crippen molar-refractivity contribution in [2.24, 2.45) is 5.92 Å². The fourth-order valence-corrected chi connectivity index (χ4v) is 4.47. The second-order valence-corrected chi connectivity index (χ2v) is 7.58. The molecule has 2 aromatic carbocycles. The molecule has 1 fully saturated rings. The van der Waals surface area contributed by atoms with Gasteiger partial charge in [0, 0.05) is 16.0 Å². The molecule has 1 saturated heterocycles. The Morgan fingerprint density at radius 2 is 2.04 bits per heavy atom. The lowest BCUT2D eigenvalue weighted by atomic mass is 9.76. The molecule has 0 bridgehead atoms. The van der Waals surface area contributed by atoms with Crippen molar-refractivity contribution in [1.29, 1.82) is 5.26 Å². The first-order valence-electron chi connectivity index (χ1n) is 8.50. The van der Waals surface area contributed by atoms with Gasteiger partial charge in [0.25, 0.3) is 0 Å². The van der Waals surface area contributed by atoms with E-state index in [0.29, 0.717) is 16.6 Å². The summed E-state index contributed by atoms with van der Waals surface area (Å²) in [4.78, 5) is 0. The predicted molar refractivity (Wildman–Crippen MR) is 97.5 cm³/mol. The Bertz CT molecular complexity index is 820. The largest absolute Gasteiger partial charge is 0.375 e. The van der Waals surface area contributed by atoms with Crippen LogP contribution in [-0.2, 0) is 4.74 Å². The Labute approximate surface area is 154 Å². The zero-order valence-electron chi connectivity index (χ0n) is 13.6. The summed E-state index contributed by atoms with van der Waals surface area (Å²) in [5.41, 5.74) is 2.48. The van der Waals surface area contributed by atoms with Crippen LogP contribution in [0.1, 0.15) is 42.5 Å². The molecule has 3 nitrogen and oxygen atoms in total. The highest BCUT2D eigenvalue weighted by atomic mass is 79.9. The minimum Gasteiger partial charge on any atom is -0.375 e. The van der Waals surface area contributed by atoms with Gasteiger partial charge in [0.1, 0.15) is 5.82 Å². The average Bonchev–Trinajstić information content (AvgIpc) is 2.62. The number of hydrogen-bond donors (Lipinski definition) is 1. The van der Waals surface area contributed by atoms with Crippen molar-refractivity contribution in [3.63, 3.8) is 0 Å². The molecule has 2 aliphatic rings. The first-order valence-corrected chi connectivity index (χ1v) is 9.29. The Hall–Kier alpha value is -1.90. The maximum atomic E-state index is 14.6. The normalized spacial score (nSPS) is 27.6. The quantitative estimate of drug-likeness (QED) is 0.722. The second kappa shape index (κ2) is 6.78. The van der Waals surface area contributed by atoms with Crippen LogP contribution < -0.4 is 5.32 Å². The minimum atomic E-state index is -0.283. The van der Waals surface area contributed by atoms with Crippen LogP contribution in [0.4, 0.5) is 10.1 Å². The number of halogens is 2. The maximum Gasteiger partial charge on any atom is 0.147 e. The summed E-state index contributed by atoms with van der Waals surface area (Å²) >= 11 is 3.39. The van der Waals surface area contributed by atoms with E-state index in [1.807, 2.05) is 24.3 Å². The van der Waals surface area contributed by atoms with Gasteiger partial charge < -0.3 is 10.1 Å². The van der Waals surface area contributed by atoms with Crippen molar-refractivity contribution in [3.8, 4) is 6.07 Å². The molecule has 1 N–H and O–H groups in total. The Kier molecular flexibility index (Phi) is 4.49. The third-order valence-corrected chi connectivity index (χ3v) is 5.61. The second-order valence-electron chi connectivity index (χ2n) is 6.67. The molecule has 0 unspecified atom stereocenters. The van der Waals surface area contributed by atoms with Gasteiger partial charge >= 0.3 is 0 Å². The predicted octanol–water partition coefficient (Wildman–Crippen LogP) is 5.50. The topological polar surface area (TPSA) is 45.0 Å². The molecular formula is C20H18BrFN2O. The van der Waals surface area contributed by atoms with Gasteiger partial charge in [0.15, 0.2) is 0 Å². The van der Waals surface area contributed by atoms with Gasteiger partial charge in [0.05, 0.1) is 36.4 Å². The third-order valence-electron chi connectivity index (χ3n) is 5.15. The number of anilines is 1. The van der Waals surface area contributed by atoms with Gasteiger partial charge in [-0.05, 0) is 30.5 Å². The molecule has 128 valence electrons.